The molecule has 0 atom stereocenters. The van der Waals surface area contributed by atoms with Crippen LogP contribution in [0.4, 0.5) is 23.2 Å². The molecule has 22 heavy (non-hydrogen) atoms. The van der Waals surface area contributed by atoms with Gasteiger partial charge in [0.05, 0.1) is 0 Å². The molecule has 116 valence electrons. The molecule has 0 aliphatic heterocycles. The third-order valence-corrected chi connectivity index (χ3v) is 2.72. The molecule has 0 radical (unpaired) electrons. The van der Waals surface area contributed by atoms with Gasteiger partial charge in [-0.15, -0.1) is 0 Å². The molecule has 1 N–H and O–H groups in total. The molecule has 0 aliphatic rings. The molecule has 1 heterocycles. The first-order chi connectivity index (χ1) is 10.3. The number of hydrogen-bond donors (Lipinski definition) is 1. The first kappa shape index (κ1) is 15.7. The molecule has 0 bridgehead atoms. The number of nitrogens with zero attached hydrogens (tertiary/aromatic N) is 1. The Morgan fingerprint density at radius 1 is 1.14 bits per heavy atom. The molecular weight excluding hydrogens is 304 g/mol. The molecule has 0 fully saturated rings. The zero-order valence-electron chi connectivity index (χ0n) is 11.0. The van der Waals surface area contributed by atoms with Gasteiger partial charge in [-0.2, -0.15) is 13.2 Å². The van der Waals surface area contributed by atoms with Crippen LogP contribution in [0.3, 0.4) is 0 Å². The first-order valence-electron chi connectivity index (χ1n) is 6.09. The van der Waals surface area contributed by atoms with Gasteiger partial charge in [-0.25, -0.2) is 4.39 Å². The van der Waals surface area contributed by atoms with Gasteiger partial charge in [0.15, 0.2) is 0 Å². The van der Waals surface area contributed by atoms with E-state index in [0.717, 1.165) is 18.3 Å². The average molecular weight is 314 g/mol. The molecule has 1 aromatic carbocycles. The van der Waals surface area contributed by atoms with Gasteiger partial charge in [0.1, 0.15) is 18.0 Å². The number of hydrogen-bond acceptors (Lipinski definition) is 2. The largest absolute Gasteiger partial charge is 0.406 e. The fraction of sp³-hybridized carbons (Fsp3) is 0.143. The number of carbonyl (C=O) groups excluding carboxylic acids is 1. The van der Waals surface area contributed by atoms with E-state index in [1.54, 1.807) is 0 Å². The van der Waals surface area contributed by atoms with Crippen LogP contribution in [0.1, 0.15) is 10.4 Å². The molecule has 1 amide bonds. The van der Waals surface area contributed by atoms with Crippen molar-refractivity contribution in [3.05, 3.63) is 64.3 Å². The van der Waals surface area contributed by atoms with Crippen LogP contribution < -0.4 is 10.9 Å². The minimum atomic E-state index is -4.55. The lowest BCUT2D eigenvalue weighted by Gasteiger charge is -2.11. The average Bonchev–Trinajstić information content (AvgIpc) is 2.42. The van der Waals surface area contributed by atoms with Gasteiger partial charge < -0.3 is 9.88 Å². The normalized spacial score (nSPS) is 11.3. The fourth-order valence-electron chi connectivity index (χ4n) is 1.75. The van der Waals surface area contributed by atoms with Crippen molar-refractivity contribution in [1.82, 2.24) is 4.57 Å². The van der Waals surface area contributed by atoms with Crippen LogP contribution in [-0.2, 0) is 6.54 Å². The lowest BCUT2D eigenvalue weighted by atomic mass is 10.2. The number of pyridine rings is 1. The monoisotopic (exact) mass is 314 g/mol. The highest BCUT2D eigenvalue weighted by atomic mass is 19.4. The molecule has 0 saturated carbocycles. The summed E-state index contributed by atoms with van der Waals surface area (Å²) in [5.41, 5.74) is -1.19. The van der Waals surface area contributed by atoms with Crippen molar-refractivity contribution >= 4 is 11.6 Å². The standard InChI is InChI=1S/C14H10F4N2O2/c15-10-5-3-9(4-6-10)12(21)19-11-2-1-7-20(13(11)22)8-14(16,17)18/h1-7H,8H2,(H,19,21). The quantitative estimate of drug-likeness (QED) is 0.886. The maximum Gasteiger partial charge on any atom is 0.406 e. The van der Waals surface area contributed by atoms with E-state index in [0.29, 0.717) is 4.57 Å². The van der Waals surface area contributed by atoms with Crippen molar-refractivity contribution in [3.8, 4) is 0 Å². The number of carbonyl (C=O) groups is 1. The minimum absolute atomic E-state index is 0.0759. The topological polar surface area (TPSA) is 51.1 Å². The van der Waals surface area contributed by atoms with Crippen molar-refractivity contribution in [3.63, 3.8) is 0 Å². The molecule has 0 aliphatic carbocycles. The zero-order valence-corrected chi connectivity index (χ0v) is 11.0. The molecule has 2 aromatic rings. The number of nitrogens with one attached hydrogen (secondary N) is 1. The number of aromatic nitrogens is 1. The second kappa shape index (κ2) is 6.00. The van der Waals surface area contributed by atoms with Gasteiger partial charge in [-0.3, -0.25) is 9.59 Å². The molecule has 0 unspecified atom stereocenters. The first-order valence-corrected chi connectivity index (χ1v) is 6.09. The van der Waals surface area contributed by atoms with Crippen LogP contribution in [0.15, 0.2) is 47.4 Å². The van der Waals surface area contributed by atoms with Crippen molar-refractivity contribution in [1.29, 1.82) is 0 Å². The Kier molecular flexibility index (Phi) is 4.30. The summed E-state index contributed by atoms with van der Waals surface area (Å²) in [6, 6.07) is 6.91. The van der Waals surface area contributed by atoms with Crippen LogP contribution in [-0.4, -0.2) is 16.7 Å². The Bertz CT molecular complexity index is 736. The summed E-state index contributed by atoms with van der Waals surface area (Å²) in [6.07, 6.45) is -3.58. The van der Waals surface area contributed by atoms with E-state index in [1.165, 1.54) is 24.3 Å². The van der Waals surface area contributed by atoms with E-state index >= 15 is 0 Å². The van der Waals surface area contributed by atoms with Gasteiger partial charge in [0.2, 0.25) is 0 Å². The second-order valence-electron chi connectivity index (χ2n) is 4.43. The van der Waals surface area contributed by atoms with Gasteiger partial charge in [0, 0.05) is 11.8 Å². The molecule has 8 heteroatoms. The maximum absolute atomic E-state index is 12.8. The van der Waals surface area contributed by atoms with E-state index in [4.69, 9.17) is 0 Å². The van der Waals surface area contributed by atoms with Gasteiger partial charge in [-0.1, -0.05) is 0 Å². The molecule has 2 rings (SSSR count). The predicted octanol–water partition coefficient (Wildman–Crippen LogP) is 2.80. The molecule has 1 aromatic heterocycles. The second-order valence-corrected chi connectivity index (χ2v) is 4.43. The summed E-state index contributed by atoms with van der Waals surface area (Å²) >= 11 is 0. The SMILES string of the molecule is O=C(Nc1cccn(CC(F)(F)F)c1=O)c1ccc(F)cc1. The highest BCUT2D eigenvalue weighted by Gasteiger charge is 2.28. The van der Waals surface area contributed by atoms with E-state index in [-0.39, 0.29) is 11.3 Å². The smallest absolute Gasteiger partial charge is 0.317 e. The van der Waals surface area contributed by atoms with E-state index < -0.39 is 30.0 Å². The summed E-state index contributed by atoms with van der Waals surface area (Å²) in [5.74, 6) is -1.26. The highest BCUT2D eigenvalue weighted by Crippen LogP contribution is 2.16. The van der Waals surface area contributed by atoms with Gasteiger partial charge in [-0.05, 0) is 36.4 Å². The number of halogens is 4. The van der Waals surface area contributed by atoms with Crippen molar-refractivity contribution in [2.45, 2.75) is 12.7 Å². The molecular formula is C14H10F4N2O2. The number of anilines is 1. The van der Waals surface area contributed by atoms with Crippen LogP contribution in [0.25, 0.3) is 0 Å². The summed E-state index contributed by atoms with van der Waals surface area (Å²) in [7, 11) is 0. The zero-order chi connectivity index (χ0) is 16.3. The number of alkyl halides is 3. The third kappa shape index (κ3) is 3.94. The lowest BCUT2D eigenvalue weighted by Crippen LogP contribution is -2.30. The van der Waals surface area contributed by atoms with E-state index in [2.05, 4.69) is 5.32 Å². The van der Waals surface area contributed by atoms with Crippen LogP contribution in [0, 0.1) is 5.82 Å². The lowest BCUT2D eigenvalue weighted by molar-refractivity contribution is -0.141. The molecule has 0 saturated heterocycles. The Morgan fingerprint density at radius 2 is 1.77 bits per heavy atom. The van der Waals surface area contributed by atoms with Crippen LogP contribution in [0.5, 0.6) is 0 Å². The summed E-state index contributed by atoms with van der Waals surface area (Å²) in [6.45, 7) is -1.45. The highest BCUT2D eigenvalue weighted by molar-refractivity contribution is 6.04. The molecule has 4 nitrogen and oxygen atoms in total. The summed E-state index contributed by atoms with van der Waals surface area (Å²) < 4.78 is 50.2. The fourth-order valence-corrected chi connectivity index (χ4v) is 1.75. The van der Waals surface area contributed by atoms with E-state index in [9.17, 15) is 27.2 Å². The summed E-state index contributed by atoms with van der Waals surface area (Å²) in [5, 5.41) is 2.21. The number of benzene rings is 1. The maximum atomic E-state index is 12.8. The van der Waals surface area contributed by atoms with Crippen LogP contribution >= 0.6 is 0 Å². The van der Waals surface area contributed by atoms with Crippen LogP contribution in [0.2, 0.25) is 0 Å². The Labute approximate surface area is 122 Å². The number of amides is 1. The Morgan fingerprint density at radius 3 is 2.36 bits per heavy atom. The van der Waals surface area contributed by atoms with Crippen molar-refractivity contribution in [2.24, 2.45) is 0 Å². The van der Waals surface area contributed by atoms with Crippen molar-refractivity contribution < 1.29 is 22.4 Å². The predicted molar refractivity (Wildman–Crippen MR) is 71.1 cm³/mol. The Hall–Kier alpha value is -2.64. The number of rotatable bonds is 3. The van der Waals surface area contributed by atoms with E-state index in [1.807, 2.05) is 0 Å². The summed E-state index contributed by atoms with van der Waals surface area (Å²) in [4.78, 5) is 23.7. The van der Waals surface area contributed by atoms with Gasteiger partial charge in [0.25, 0.3) is 11.5 Å². The Balaban J connectivity index is 2.23. The van der Waals surface area contributed by atoms with Crippen molar-refractivity contribution in [2.75, 3.05) is 5.32 Å². The minimum Gasteiger partial charge on any atom is -0.317 e. The van der Waals surface area contributed by atoms with Gasteiger partial charge >= 0.3 is 6.18 Å². The third-order valence-electron chi connectivity index (χ3n) is 2.72. The molecule has 0 spiro atoms.